The standard InChI is InChI=1S/C13H16F3NO2.C13H14F3NO2.C13H13F3O2.K.H2O/c2*1-7-4-10(6-11(5-7)13(14,15)16)12(19)8(2)17-9(3)18;1-7-3-9(6-10(4-7)13(14,15)16)12-8(2)5-11(17)18-12;;/h4-6,8,12,19H,1-3H3,(H,17,18);4-6,8H,1-3H3,(H,17,18);3-4,6,8,12H,5H2,1-2H3;;1H2/q;;;+1;/p-1/t8-,12-;8-;8-,12+;;/m001../s1. The summed E-state index contributed by atoms with van der Waals surface area (Å²) in [5.74, 6) is -1.77. The number of rotatable bonds is 7. The number of Topliss-reactive ketones (excluding diaryl/α,β-unsaturated/α-hetero) is 1. The van der Waals surface area contributed by atoms with Gasteiger partial charge in [0, 0.05) is 25.3 Å². The molecule has 0 bridgehead atoms. The minimum Gasteiger partial charge on any atom is -0.870 e. The van der Waals surface area contributed by atoms with Crippen molar-refractivity contribution in [1.29, 1.82) is 0 Å². The average molecular weight is 863 g/mol. The molecule has 0 unspecified atom stereocenters. The van der Waals surface area contributed by atoms with Crippen molar-refractivity contribution in [3.8, 4) is 0 Å². The Balaban J connectivity index is 0.000000826. The maximum Gasteiger partial charge on any atom is 1.00 e. The smallest absolute Gasteiger partial charge is 0.870 e. The fourth-order valence-electron chi connectivity index (χ4n) is 5.76. The summed E-state index contributed by atoms with van der Waals surface area (Å²) in [6.07, 6.45) is -14.9. The van der Waals surface area contributed by atoms with Gasteiger partial charge in [0.1, 0.15) is 6.10 Å². The molecule has 0 aromatic heterocycles. The maximum atomic E-state index is 12.7. The van der Waals surface area contributed by atoms with E-state index in [1.54, 1.807) is 19.9 Å². The second-order valence-electron chi connectivity index (χ2n) is 13.7. The van der Waals surface area contributed by atoms with E-state index in [1.807, 2.05) is 0 Å². The van der Waals surface area contributed by atoms with Crippen molar-refractivity contribution in [3.63, 3.8) is 0 Å². The number of ketones is 1. The zero-order valence-corrected chi connectivity index (χ0v) is 36.3. The number of nitrogens with one attached hydrogen (secondary N) is 2. The van der Waals surface area contributed by atoms with Crippen LogP contribution in [-0.2, 0) is 37.6 Å². The Labute approximate surface area is 372 Å². The molecule has 3 aromatic carbocycles. The van der Waals surface area contributed by atoms with Crippen LogP contribution in [0.2, 0.25) is 0 Å². The van der Waals surface area contributed by atoms with Gasteiger partial charge >= 0.3 is 75.9 Å². The molecular formula is C39H44F9KN2O7. The van der Waals surface area contributed by atoms with Gasteiger partial charge in [-0.2, -0.15) is 39.5 Å². The summed E-state index contributed by atoms with van der Waals surface area (Å²) in [6, 6.07) is 8.78. The van der Waals surface area contributed by atoms with Crippen LogP contribution in [0.15, 0.2) is 54.6 Å². The first-order valence-electron chi connectivity index (χ1n) is 17.0. The predicted octanol–water partition coefficient (Wildman–Crippen LogP) is 5.76. The van der Waals surface area contributed by atoms with Crippen LogP contribution in [0.5, 0.6) is 0 Å². The summed E-state index contributed by atoms with van der Waals surface area (Å²) in [5.41, 5.74) is -0.639. The van der Waals surface area contributed by atoms with Crippen LogP contribution in [0.1, 0.15) is 108 Å². The Kier molecular flexibility index (Phi) is 21.0. The molecule has 1 fully saturated rings. The molecule has 4 rings (SSSR count). The van der Waals surface area contributed by atoms with Crippen molar-refractivity contribution in [3.05, 3.63) is 105 Å². The fraction of sp³-hybridized carbons (Fsp3) is 0.436. The van der Waals surface area contributed by atoms with E-state index >= 15 is 0 Å². The summed E-state index contributed by atoms with van der Waals surface area (Å²) < 4.78 is 119. The molecule has 58 heavy (non-hydrogen) atoms. The molecule has 3 aromatic rings. The van der Waals surface area contributed by atoms with E-state index in [4.69, 9.17) is 4.74 Å². The summed E-state index contributed by atoms with van der Waals surface area (Å²) >= 11 is 0. The molecule has 0 aliphatic carbocycles. The number of carbonyl (C=O) groups excluding carboxylic acids is 4. The summed E-state index contributed by atoms with van der Waals surface area (Å²) in [6.45, 7) is 11.9. The number of amides is 2. The number of cyclic esters (lactones) is 1. The number of benzene rings is 3. The average Bonchev–Trinajstić information content (AvgIpc) is 3.39. The molecule has 1 heterocycles. The number of aryl methyl sites for hydroxylation is 3. The topological polar surface area (TPSA) is 152 Å². The van der Waals surface area contributed by atoms with Crippen molar-refractivity contribution in [1.82, 2.24) is 10.6 Å². The van der Waals surface area contributed by atoms with E-state index in [0.29, 0.717) is 22.3 Å². The summed E-state index contributed by atoms with van der Waals surface area (Å²) in [4.78, 5) is 44.8. The van der Waals surface area contributed by atoms with Gasteiger partial charge in [0.2, 0.25) is 11.8 Å². The van der Waals surface area contributed by atoms with Crippen LogP contribution in [0, 0.1) is 26.7 Å². The van der Waals surface area contributed by atoms with Crippen LogP contribution in [0.4, 0.5) is 39.5 Å². The van der Waals surface area contributed by atoms with Crippen LogP contribution >= 0.6 is 0 Å². The quantitative estimate of drug-likeness (QED) is 0.118. The Morgan fingerprint density at radius 1 is 0.707 bits per heavy atom. The molecule has 0 saturated carbocycles. The van der Waals surface area contributed by atoms with Crippen molar-refractivity contribution in [2.24, 2.45) is 5.92 Å². The van der Waals surface area contributed by atoms with Crippen molar-refractivity contribution in [2.75, 3.05) is 0 Å². The molecule has 2 amide bonds. The van der Waals surface area contributed by atoms with Gasteiger partial charge in [-0.05, 0) is 93.8 Å². The minimum absolute atomic E-state index is 0. The zero-order chi connectivity index (χ0) is 43.1. The van der Waals surface area contributed by atoms with Gasteiger partial charge in [0.15, 0.2) is 5.78 Å². The van der Waals surface area contributed by atoms with E-state index < -0.39 is 71.2 Å². The van der Waals surface area contributed by atoms with Gasteiger partial charge in [-0.3, -0.25) is 19.2 Å². The van der Waals surface area contributed by atoms with Crippen LogP contribution in [0.25, 0.3) is 0 Å². The van der Waals surface area contributed by atoms with E-state index in [9.17, 15) is 63.8 Å². The fourth-order valence-corrected chi connectivity index (χ4v) is 5.76. The number of ether oxygens (including phenoxy) is 1. The first-order valence-corrected chi connectivity index (χ1v) is 17.0. The zero-order valence-electron chi connectivity index (χ0n) is 33.1. The Morgan fingerprint density at radius 2 is 1.14 bits per heavy atom. The van der Waals surface area contributed by atoms with Crippen LogP contribution in [0.3, 0.4) is 0 Å². The van der Waals surface area contributed by atoms with Crippen molar-refractivity contribution < 1.29 is 125 Å². The van der Waals surface area contributed by atoms with Crippen LogP contribution in [-0.4, -0.2) is 46.2 Å². The second kappa shape index (κ2) is 22.3. The Bertz CT molecular complexity index is 1900. The number of aliphatic hydroxyl groups is 1. The van der Waals surface area contributed by atoms with Gasteiger partial charge in [-0.15, -0.1) is 0 Å². The molecular weight excluding hydrogens is 819 g/mol. The third kappa shape index (κ3) is 17.1. The summed E-state index contributed by atoms with van der Waals surface area (Å²) in [7, 11) is 0. The number of aliphatic hydroxyl groups excluding tert-OH is 1. The second-order valence-corrected chi connectivity index (χ2v) is 13.7. The number of halogens is 9. The molecule has 4 N–H and O–H groups in total. The first-order chi connectivity index (χ1) is 25.5. The van der Waals surface area contributed by atoms with Gasteiger partial charge in [-0.1, -0.05) is 30.2 Å². The van der Waals surface area contributed by atoms with E-state index in [1.165, 1.54) is 53.7 Å². The summed E-state index contributed by atoms with van der Waals surface area (Å²) in [5, 5.41) is 14.8. The minimum atomic E-state index is -4.50. The number of esters is 1. The molecule has 0 spiro atoms. The molecule has 9 nitrogen and oxygen atoms in total. The van der Waals surface area contributed by atoms with Gasteiger partial charge in [0.05, 0.1) is 41.3 Å². The Hall–Kier alpha value is -3.33. The SMILES string of the molecule is CC(=O)N[C@@H](C)C(=O)c1cc(C)cc(C(F)(F)F)c1.CC(=O)N[C@@H](C)[C@H](O)c1cc(C)cc(C(F)(F)F)c1.Cc1cc([C@H]2OC(=O)C[C@H]2C)cc(C(F)(F)F)c1.[K+].[OH-]. The molecule has 1 aliphatic rings. The number of hydrogen-bond donors (Lipinski definition) is 3. The third-order valence-electron chi connectivity index (χ3n) is 8.19. The number of carbonyl (C=O) groups is 4. The maximum absolute atomic E-state index is 12.7. The largest absolute Gasteiger partial charge is 1.00 e. The Morgan fingerprint density at radius 3 is 1.57 bits per heavy atom. The molecule has 19 heteroatoms. The third-order valence-corrected chi connectivity index (χ3v) is 8.19. The van der Waals surface area contributed by atoms with Gasteiger partial charge in [0.25, 0.3) is 0 Å². The van der Waals surface area contributed by atoms with E-state index in [2.05, 4.69) is 10.6 Å². The van der Waals surface area contributed by atoms with Crippen LogP contribution < -0.4 is 62.0 Å². The van der Waals surface area contributed by atoms with Gasteiger partial charge < -0.3 is 26.0 Å². The molecule has 1 aliphatic heterocycles. The van der Waals surface area contributed by atoms with Crippen molar-refractivity contribution in [2.45, 2.75) is 105 Å². The number of alkyl halides is 9. The first kappa shape index (κ1) is 54.7. The van der Waals surface area contributed by atoms with E-state index in [-0.39, 0.29) is 92.2 Å². The number of hydrogen-bond acceptors (Lipinski definition) is 7. The molecule has 5 atom stereocenters. The van der Waals surface area contributed by atoms with Gasteiger partial charge in [-0.25, -0.2) is 0 Å². The molecule has 0 radical (unpaired) electrons. The normalized spacial score (nSPS) is 16.6. The molecule has 1 saturated heterocycles. The predicted molar refractivity (Wildman–Crippen MR) is 189 cm³/mol. The van der Waals surface area contributed by atoms with E-state index in [0.717, 1.165) is 36.4 Å². The monoisotopic (exact) mass is 862 g/mol. The van der Waals surface area contributed by atoms with Crippen molar-refractivity contribution >= 4 is 23.6 Å². The molecule has 316 valence electrons.